The molecule has 124 valence electrons. The highest BCUT2D eigenvalue weighted by molar-refractivity contribution is 5.40. The van der Waals surface area contributed by atoms with E-state index < -0.39 is 5.60 Å². The first-order chi connectivity index (χ1) is 11.0. The molecule has 0 saturated heterocycles. The summed E-state index contributed by atoms with van der Waals surface area (Å²) in [7, 11) is 0. The van der Waals surface area contributed by atoms with Gasteiger partial charge in [-0.1, -0.05) is 19.1 Å². The van der Waals surface area contributed by atoms with Crippen molar-refractivity contribution in [2.24, 2.45) is 0 Å². The lowest BCUT2D eigenvalue weighted by molar-refractivity contribution is 0.0306. The predicted molar refractivity (Wildman–Crippen MR) is 89.7 cm³/mol. The Morgan fingerprint density at radius 2 is 2.13 bits per heavy atom. The lowest BCUT2D eigenvalue weighted by Crippen LogP contribution is -2.37. The molecule has 0 aliphatic carbocycles. The minimum atomic E-state index is -1.03. The van der Waals surface area contributed by atoms with E-state index in [9.17, 15) is 5.11 Å². The Morgan fingerprint density at radius 1 is 1.30 bits per heavy atom. The van der Waals surface area contributed by atoms with E-state index in [-0.39, 0.29) is 6.04 Å². The monoisotopic (exact) mass is 315 g/mol. The highest BCUT2D eigenvalue weighted by Crippen LogP contribution is 2.30. The first-order valence-corrected chi connectivity index (χ1v) is 8.28. The van der Waals surface area contributed by atoms with Crippen LogP contribution in [0.25, 0.3) is 0 Å². The van der Waals surface area contributed by atoms with Crippen LogP contribution in [0.3, 0.4) is 0 Å². The van der Waals surface area contributed by atoms with Crippen molar-refractivity contribution >= 4 is 0 Å². The number of furan rings is 1. The Bertz CT molecular complexity index is 675. The topological polar surface area (TPSA) is 54.6 Å². The molecule has 2 aromatic rings. The third-order valence-electron chi connectivity index (χ3n) is 4.49. The van der Waals surface area contributed by atoms with E-state index in [2.05, 4.69) is 30.4 Å². The predicted octanol–water partition coefficient (Wildman–Crippen LogP) is 3.47. The molecule has 2 N–H and O–H groups in total. The Morgan fingerprint density at radius 3 is 2.83 bits per heavy atom. The average Bonchev–Trinajstić information content (AvgIpc) is 3.16. The maximum absolute atomic E-state index is 10.7. The van der Waals surface area contributed by atoms with Crippen LogP contribution in [0.2, 0.25) is 0 Å². The lowest BCUT2D eigenvalue weighted by Gasteiger charge is -2.26. The van der Waals surface area contributed by atoms with Crippen molar-refractivity contribution in [2.45, 2.75) is 45.3 Å². The summed E-state index contributed by atoms with van der Waals surface area (Å²) >= 11 is 0. The van der Waals surface area contributed by atoms with Crippen LogP contribution < -0.4 is 10.1 Å². The van der Waals surface area contributed by atoms with E-state index in [1.165, 1.54) is 11.1 Å². The second-order valence-electron chi connectivity index (χ2n) is 6.49. The van der Waals surface area contributed by atoms with Crippen molar-refractivity contribution < 1.29 is 14.3 Å². The van der Waals surface area contributed by atoms with E-state index in [0.717, 1.165) is 31.0 Å². The fourth-order valence-electron chi connectivity index (χ4n) is 3.05. The summed E-state index contributed by atoms with van der Waals surface area (Å²) in [5.41, 5.74) is 1.49. The maximum atomic E-state index is 10.7. The van der Waals surface area contributed by atoms with Crippen LogP contribution in [-0.4, -0.2) is 18.3 Å². The van der Waals surface area contributed by atoms with E-state index in [4.69, 9.17) is 9.15 Å². The van der Waals surface area contributed by atoms with Crippen LogP contribution in [-0.2, 0) is 12.0 Å². The highest BCUT2D eigenvalue weighted by Gasteiger charge is 2.28. The number of aryl methyl sites for hydroxylation is 1. The Hall–Kier alpha value is -1.78. The van der Waals surface area contributed by atoms with E-state index in [1.54, 1.807) is 6.92 Å². The average molecular weight is 315 g/mol. The van der Waals surface area contributed by atoms with Gasteiger partial charge in [0.05, 0.1) is 6.61 Å². The molecule has 1 aromatic carbocycles. The number of benzene rings is 1. The maximum Gasteiger partial charge on any atom is 0.136 e. The third-order valence-corrected chi connectivity index (χ3v) is 4.49. The van der Waals surface area contributed by atoms with E-state index in [0.29, 0.717) is 12.3 Å². The van der Waals surface area contributed by atoms with Crippen LogP contribution >= 0.6 is 0 Å². The molecule has 0 fully saturated rings. The van der Waals surface area contributed by atoms with Crippen LogP contribution in [0, 0.1) is 6.92 Å². The summed E-state index contributed by atoms with van der Waals surface area (Å²) in [6.07, 6.45) is 1.93. The molecule has 0 spiro atoms. The van der Waals surface area contributed by atoms with Gasteiger partial charge in [0, 0.05) is 19.0 Å². The van der Waals surface area contributed by atoms with Gasteiger partial charge in [-0.05, 0) is 49.6 Å². The summed E-state index contributed by atoms with van der Waals surface area (Å²) in [6.45, 7) is 7.02. The van der Waals surface area contributed by atoms with Gasteiger partial charge in [-0.2, -0.15) is 0 Å². The van der Waals surface area contributed by atoms with Gasteiger partial charge in [-0.3, -0.25) is 0 Å². The zero-order valence-corrected chi connectivity index (χ0v) is 14.1. The van der Waals surface area contributed by atoms with E-state index >= 15 is 0 Å². The summed E-state index contributed by atoms with van der Waals surface area (Å²) in [5, 5.41) is 14.1. The molecule has 0 radical (unpaired) electrons. The van der Waals surface area contributed by atoms with Crippen molar-refractivity contribution in [2.75, 3.05) is 13.2 Å². The van der Waals surface area contributed by atoms with Crippen molar-refractivity contribution in [1.82, 2.24) is 5.32 Å². The smallest absolute Gasteiger partial charge is 0.136 e. The van der Waals surface area contributed by atoms with Crippen LogP contribution in [0.1, 0.15) is 49.0 Å². The molecule has 4 nitrogen and oxygen atoms in total. The number of hydrogen-bond acceptors (Lipinski definition) is 4. The SMILES string of the molecule is CCC(NCC(C)(O)c1ccc(C)o1)c1ccc2c(c1)CCO2. The first-order valence-electron chi connectivity index (χ1n) is 8.28. The summed E-state index contributed by atoms with van der Waals surface area (Å²) in [5.74, 6) is 2.41. The molecule has 0 bridgehead atoms. The Labute approximate surface area is 137 Å². The molecule has 4 heteroatoms. The number of hydrogen-bond donors (Lipinski definition) is 2. The molecule has 3 rings (SSSR count). The normalized spacial score (nSPS) is 17.4. The van der Waals surface area contributed by atoms with E-state index in [1.807, 2.05) is 19.1 Å². The zero-order valence-electron chi connectivity index (χ0n) is 14.1. The molecule has 0 amide bonds. The van der Waals surface area contributed by atoms with Gasteiger partial charge >= 0.3 is 0 Å². The van der Waals surface area contributed by atoms with Crippen LogP contribution in [0.4, 0.5) is 0 Å². The molecular weight excluding hydrogens is 290 g/mol. The second kappa shape index (κ2) is 6.38. The van der Waals surface area contributed by atoms with Gasteiger partial charge in [0.25, 0.3) is 0 Å². The summed E-state index contributed by atoms with van der Waals surface area (Å²) in [6, 6.07) is 10.3. The molecule has 1 aliphatic rings. The van der Waals surface area contributed by atoms with Crippen molar-refractivity contribution in [3.63, 3.8) is 0 Å². The molecule has 23 heavy (non-hydrogen) atoms. The quantitative estimate of drug-likeness (QED) is 0.857. The molecule has 1 aromatic heterocycles. The third kappa shape index (κ3) is 3.43. The second-order valence-corrected chi connectivity index (χ2v) is 6.49. The number of aliphatic hydroxyl groups is 1. The molecule has 0 saturated carbocycles. The van der Waals surface area contributed by atoms with Gasteiger partial charge in [-0.15, -0.1) is 0 Å². The largest absolute Gasteiger partial charge is 0.493 e. The lowest BCUT2D eigenvalue weighted by atomic mass is 9.98. The Kier molecular flexibility index (Phi) is 4.46. The number of ether oxygens (including phenoxy) is 1. The van der Waals surface area contributed by atoms with Gasteiger partial charge in [-0.25, -0.2) is 0 Å². The molecule has 2 unspecified atom stereocenters. The fourth-order valence-corrected chi connectivity index (χ4v) is 3.05. The van der Waals surface area contributed by atoms with Gasteiger partial charge in [0.1, 0.15) is 22.9 Å². The zero-order chi connectivity index (χ0) is 16.4. The fraction of sp³-hybridized carbons (Fsp3) is 0.474. The minimum Gasteiger partial charge on any atom is -0.493 e. The number of nitrogens with one attached hydrogen (secondary N) is 1. The standard InChI is InChI=1S/C19H25NO3/c1-4-16(14-6-7-17-15(11-14)9-10-22-17)20-12-19(3,21)18-8-5-13(2)23-18/h5-8,11,16,20-21H,4,9-10,12H2,1-3H3. The Balaban J connectivity index is 1.70. The van der Waals surface area contributed by atoms with Crippen LogP contribution in [0.5, 0.6) is 5.75 Å². The number of fused-ring (bicyclic) bond motifs is 1. The molecule has 1 aliphatic heterocycles. The van der Waals surface area contributed by atoms with Gasteiger partial charge in [0.2, 0.25) is 0 Å². The molecule has 2 heterocycles. The summed E-state index contributed by atoms with van der Waals surface area (Å²) < 4.78 is 11.1. The minimum absolute atomic E-state index is 0.198. The molecular formula is C19H25NO3. The van der Waals surface area contributed by atoms with Crippen molar-refractivity contribution in [1.29, 1.82) is 0 Å². The summed E-state index contributed by atoms with van der Waals surface area (Å²) in [4.78, 5) is 0. The van der Waals surface area contributed by atoms with Gasteiger partial charge in [0.15, 0.2) is 0 Å². The highest BCUT2D eigenvalue weighted by atomic mass is 16.5. The number of rotatable bonds is 6. The molecule has 2 atom stereocenters. The van der Waals surface area contributed by atoms with Crippen molar-refractivity contribution in [3.8, 4) is 5.75 Å². The van der Waals surface area contributed by atoms with Crippen molar-refractivity contribution in [3.05, 3.63) is 53.0 Å². The first kappa shape index (κ1) is 16.1. The van der Waals surface area contributed by atoms with Crippen LogP contribution in [0.15, 0.2) is 34.7 Å². The van der Waals surface area contributed by atoms with Gasteiger partial charge < -0.3 is 19.6 Å².